The summed E-state index contributed by atoms with van der Waals surface area (Å²) in [5.41, 5.74) is 3.07. The van der Waals surface area contributed by atoms with Gasteiger partial charge >= 0.3 is 7.12 Å². The number of aliphatic hydroxyl groups is 1. The van der Waals surface area contributed by atoms with E-state index in [4.69, 9.17) is 9.07 Å². The molecule has 0 bridgehead atoms. The van der Waals surface area contributed by atoms with Gasteiger partial charge in [-0.25, -0.2) is 0 Å². The van der Waals surface area contributed by atoms with E-state index >= 15 is 0 Å². The van der Waals surface area contributed by atoms with Crippen molar-refractivity contribution in [3.63, 3.8) is 0 Å². The number of carbonyl (C=O) groups is 2. The summed E-state index contributed by atoms with van der Waals surface area (Å²) in [7, 11) is -1.16. The Hall–Kier alpha value is -2.72. The maximum atomic E-state index is 14.0. The minimum atomic E-state index is -1.16. The van der Waals surface area contributed by atoms with Gasteiger partial charge in [0.05, 0.1) is 11.8 Å². The van der Waals surface area contributed by atoms with Crippen LogP contribution in [0.2, 0.25) is 0 Å². The molecule has 1 aliphatic carbocycles. The van der Waals surface area contributed by atoms with E-state index in [2.05, 4.69) is 30.9 Å². The summed E-state index contributed by atoms with van der Waals surface area (Å²) in [5, 5.41) is 20.6. The van der Waals surface area contributed by atoms with Crippen LogP contribution in [0.3, 0.4) is 0 Å². The van der Waals surface area contributed by atoms with Gasteiger partial charge in [0.1, 0.15) is 24.2 Å². The number of fused-ring (bicyclic) bond motifs is 3. The molecule has 206 valence electrons. The Balaban J connectivity index is 1.23. The van der Waals surface area contributed by atoms with Gasteiger partial charge in [-0.2, -0.15) is 0 Å². The highest BCUT2D eigenvalue weighted by atomic mass is 16.5. The summed E-state index contributed by atoms with van der Waals surface area (Å²) in [6.45, 7) is 6.48. The number of hydrogen-bond donors (Lipinski definition) is 2. The number of imide groups is 1. The molecule has 39 heavy (non-hydrogen) atoms. The quantitative estimate of drug-likeness (QED) is 0.434. The Kier molecular flexibility index (Phi) is 7.27. The molecule has 3 aliphatic heterocycles. The van der Waals surface area contributed by atoms with Crippen molar-refractivity contribution >= 4 is 18.9 Å². The minimum absolute atomic E-state index is 0.0539. The molecule has 8 nitrogen and oxygen atoms in total. The van der Waals surface area contributed by atoms with Crippen LogP contribution in [0.25, 0.3) is 0 Å². The van der Waals surface area contributed by atoms with Gasteiger partial charge in [-0.3, -0.25) is 19.4 Å². The van der Waals surface area contributed by atoms with Gasteiger partial charge < -0.3 is 19.2 Å². The Morgan fingerprint density at radius 1 is 1.03 bits per heavy atom. The molecule has 0 unspecified atom stereocenters. The summed E-state index contributed by atoms with van der Waals surface area (Å²) >= 11 is 0. The van der Waals surface area contributed by atoms with Crippen LogP contribution in [0.15, 0.2) is 57.9 Å². The third kappa shape index (κ3) is 4.80. The molecule has 0 spiro atoms. The number of nitrogens with zero attached hydrogens (tertiary/aromatic N) is 2. The van der Waals surface area contributed by atoms with Crippen molar-refractivity contribution in [3.05, 3.63) is 70.6 Å². The molecule has 4 aliphatic rings. The fourth-order valence-electron chi connectivity index (χ4n) is 7.30. The van der Waals surface area contributed by atoms with Gasteiger partial charge in [0.15, 0.2) is 0 Å². The molecule has 3 fully saturated rings. The molecule has 0 radical (unpaired) electrons. The first-order valence-electron chi connectivity index (χ1n) is 14.2. The molecule has 4 heterocycles. The van der Waals surface area contributed by atoms with Crippen LogP contribution in [0, 0.1) is 23.7 Å². The zero-order valence-corrected chi connectivity index (χ0v) is 22.7. The maximum absolute atomic E-state index is 14.0. The third-order valence-corrected chi connectivity index (χ3v) is 9.21. The maximum Gasteiger partial charge on any atom is 0.487 e. The molecule has 6 rings (SSSR count). The summed E-state index contributed by atoms with van der Waals surface area (Å²) in [6.07, 6.45) is 1.93. The first-order valence-corrected chi connectivity index (χ1v) is 14.2. The molecule has 2 N–H and O–H groups in total. The van der Waals surface area contributed by atoms with Crippen molar-refractivity contribution in [1.82, 2.24) is 9.80 Å². The van der Waals surface area contributed by atoms with E-state index in [0.717, 1.165) is 43.5 Å². The number of allylic oxidation sites excluding steroid dienone is 2. The lowest BCUT2D eigenvalue weighted by Gasteiger charge is -2.42. The molecule has 0 saturated carbocycles. The Bertz CT molecular complexity index is 1250. The van der Waals surface area contributed by atoms with E-state index < -0.39 is 25.1 Å². The minimum Gasteiger partial charge on any atom is -0.461 e. The van der Waals surface area contributed by atoms with Gasteiger partial charge in [-0.05, 0) is 60.7 Å². The molecule has 4 atom stereocenters. The lowest BCUT2D eigenvalue weighted by atomic mass is 9.54. The van der Waals surface area contributed by atoms with Gasteiger partial charge in [-0.1, -0.05) is 49.8 Å². The molecule has 2 amide bonds. The topological polar surface area (TPSA) is 103 Å². The zero-order chi connectivity index (χ0) is 27.3. The number of hydrogen-bond acceptors (Lipinski definition) is 7. The first kappa shape index (κ1) is 26.5. The number of carbonyl (C=O) groups excluding carboxylic acids is 2. The highest BCUT2D eigenvalue weighted by Crippen LogP contribution is 2.53. The number of piperidine rings is 1. The summed E-state index contributed by atoms with van der Waals surface area (Å²) in [4.78, 5) is 31.9. The summed E-state index contributed by atoms with van der Waals surface area (Å²) in [5.74, 6) is -0.275. The average molecular weight is 532 g/mol. The molecule has 1 aromatic heterocycles. The van der Waals surface area contributed by atoms with E-state index in [9.17, 15) is 19.7 Å². The van der Waals surface area contributed by atoms with E-state index in [1.165, 1.54) is 5.56 Å². The smallest absolute Gasteiger partial charge is 0.461 e. The van der Waals surface area contributed by atoms with Crippen molar-refractivity contribution < 1.29 is 28.8 Å². The van der Waals surface area contributed by atoms with E-state index in [-0.39, 0.29) is 36.3 Å². The van der Waals surface area contributed by atoms with Gasteiger partial charge in [0.25, 0.3) is 0 Å². The van der Waals surface area contributed by atoms with Gasteiger partial charge in [0, 0.05) is 25.7 Å². The van der Waals surface area contributed by atoms with E-state index in [1.54, 1.807) is 17.0 Å². The SMILES string of the molecule is CC(C)C1=C2B(O)O[C@H](c3ccc(CO)o3)C[C@H]2[C@H]2C(=O)N(C3CCN(Cc4ccccc4)CC3)C(=O)[C@H]2C1. The fourth-order valence-corrected chi connectivity index (χ4v) is 7.30. The van der Waals surface area contributed by atoms with Gasteiger partial charge in [0.2, 0.25) is 11.8 Å². The first-order chi connectivity index (χ1) is 18.9. The van der Waals surface area contributed by atoms with Crippen LogP contribution in [0.5, 0.6) is 0 Å². The summed E-state index contributed by atoms with van der Waals surface area (Å²) in [6, 6.07) is 13.7. The largest absolute Gasteiger partial charge is 0.487 e. The Labute approximate surface area is 229 Å². The lowest BCUT2D eigenvalue weighted by Crippen LogP contribution is -2.48. The number of likely N-dealkylation sites (tertiary alicyclic amines) is 2. The van der Waals surface area contributed by atoms with Crippen LogP contribution >= 0.6 is 0 Å². The Morgan fingerprint density at radius 3 is 2.44 bits per heavy atom. The average Bonchev–Trinajstić information content (AvgIpc) is 3.52. The van der Waals surface area contributed by atoms with Crippen LogP contribution in [-0.2, 0) is 27.4 Å². The van der Waals surface area contributed by atoms with Crippen LogP contribution in [-0.4, -0.2) is 58.0 Å². The third-order valence-electron chi connectivity index (χ3n) is 9.21. The van der Waals surface area contributed by atoms with Crippen molar-refractivity contribution in [2.75, 3.05) is 13.1 Å². The second kappa shape index (κ2) is 10.7. The molecular formula is C30H37BN2O6. The second-order valence-corrected chi connectivity index (χ2v) is 11.8. The number of amides is 2. The fraction of sp³-hybridized carbons (Fsp3) is 0.533. The van der Waals surface area contributed by atoms with Gasteiger partial charge in [-0.15, -0.1) is 0 Å². The zero-order valence-electron chi connectivity index (χ0n) is 22.7. The van der Waals surface area contributed by atoms with Crippen molar-refractivity contribution in [2.45, 2.75) is 64.8 Å². The van der Waals surface area contributed by atoms with Crippen LogP contribution in [0.4, 0.5) is 0 Å². The Morgan fingerprint density at radius 2 is 1.77 bits per heavy atom. The number of benzene rings is 1. The standard InChI is InChI=1S/C30H37BN2O6/c1-18(2)22-14-24-27(23-15-26(39-31(37)28(22)23)25-9-8-21(17-34)38-25)30(36)33(29(24)35)20-10-12-32(13-11-20)16-19-6-4-3-5-7-19/h3-9,18,20,23-24,26-27,34,37H,10-17H2,1-2H3/t23-,24-,26-,27+/m0/s1. The molecular weight excluding hydrogens is 495 g/mol. The molecule has 3 saturated heterocycles. The predicted octanol–water partition coefficient (Wildman–Crippen LogP) is 3.49. The molecule has 9 heteroatoms. The van der Waals surface area contributed by atoms with E-state index in [1.807, 2.05) is 18.2 Å². The lowest BCUT2D eigenvalue weighted by molar-refractivity contribution is -0.144. The van der Waals surface area contributed by atoms with E-state index in [0.29, 0.717) is 24.4 Å². The normalized spacial score (nSPS) is 28.4. The number of aliphatic hydroxyl groups excluding tert-OH is 1. The number of furan rings is 1. The monoisotopic (exact) mass is 532 g/mol. The van der Waals surface area contributed by atoms with Crippen molar-refractivity contribution in [1.29, 1.82) is 0 Å². The van der Waals surface area contributed by atoms with Crippen LogP contribution < -0.4 is 0 Å². The summed E-state index contributed by atoms with van der Waals surface area (Å²) < 4.78 is 11.7. The molecule has 1 aromatic carbocycles. The highest BCUT2D eigenvalue weighted by molar-refractivity contribution is 6.53. The molecule has 2 aromatic rings. The highest BCUT2D eigenvalue weighted by Gasteiger charge is 2.59. The predicted molar refractivity (Wildman–Crippen MR) is 145 cm³/mol. The van der Waals surface area contributed by atoms with Crippen molar-refractivity contribution in [3.8, 4) is 0 Å². The van der Waals surface area contributed by atoms with Crippen molar-refractivity contribution in [2.24, 2.45) is 23.7 Å². The van der Waals surface area contributed by atoms with Crippen LogP contribution in [0.1, 0.15) is 62.7 Å². The second-order valence-electron chi connectivity index (χ2n) is 11.8. The number of rotatable bonds is 6.